The Balaban J connectivity index is 4.15. The van der Waals surface area contributed by atoms with Crippen LogP contribution in [0, 0.1) is 78.8 Å². The van der Waals surface area contributed by atoms with Crippen LogP contribution in [0.5, 0.6) is 0 Å². The largest absolute Gasteiger partial charge is 0.198 e. The van der Waals surface area contributed by atoms with E-state index in [0.29, 0.717) is 12.8 Å². The van der Waals surface area contributed by atoms with Crippen LogP contribution in [-0.2, 0) is 0 Å². The van der Waals surface area contributed by atoms with Gasteiger partial charge in [-0.25, -0.2) is 0 Å². The van der Waals surface area contributed by atoms with Gasteiger partial charge in [-0.15, -0.1) is 0 Å². The molecule has 6 heteroatoms. The fourth-order valence-corrected chi connectivity index (χ4v) is 3.29. The molecule has 0 aromatic rings. The summed E-state index contributed by atoms with van der Waals surface area (Å²) < 4.78 is 0. The van der Waals surface area contributed by atoms with Crippen molar-refractivity contribution in [2.24, 2.45) is 10.8 Å². The highest BCUT2D eigenvalue weighted by Gasteiger charge is 2.54. The van der Waals surface area contributed by atoms with Gasteiger partial charge in [0, 0.05) is 6.42 Å². The van der Waals surface area contributed by atoms with Gasteiger partial charge in [0.25, 0.3) is 0 Å². The maximum absolute atomic E-state index is 9.49. The van der Waals surface area contributed by atoms with Crippen LogP contribution in [0.1, 0.15) is 89.9 Å². The summed E-state index contributed by atoms with van der Waals surface area (Å²) in [6, 6.07) is 11.2. The summed E-state index contributed by atoms with van der Waals surface area (Å²) in [5, 5.41) is 55.1. The van der Waals surface area contributed by atoms with Gasteiger partial charge >= 0.3 is 0 Å². The second-order valence-corrected chi connectivity index (χ2v) is 7.14. The zero-order chi connectivity index (χ0) is 21.1. The van der Waals surface area contributed by atoms with Crippen molar-refractivity contribution in [1.82, 2.24) is 0 Å². The van der Waals surface area contributed by atoms with E-state index in [-0.39, 0.29) is 6.42 Å². The van der Waals surface area contributed by atoms with Gasteiger partial charge in [-0.05, 0) is 12.8 Å². The average Bonchev–Trinajstić information content (AvgIpc) is 2.73. The molecule has 0 unspecified atom stereocenters. The van der Waals surface area contributed by atoms with E-state index in [1.807, 2.05) is 12.1 Å². The van der Waals surface area contributed by atoms with Crippen LogP contribution in [-0.4, -0.2) is 0 Å². The first-order valence-electron chi connectivity index (χ1n) is 10.0. The first-order chi connectivity index (χ1) is 13.6. The Labute approximate surface area is 169 Å². The van der Waals surface area contributed by atoms with Crippen molar-refractivity contribution < 1.29 is 0 Å². The summed E-state index contributed by atoms with van der Waals surface area (Å²) in [5.41, 5.74) is -3.67. The Morgan fingerprint density at radius 1 is 0.429 bits per heavy atom. The molecule has 28 heavy (non-hydrogen) atoms. The first-order valence-corrected chi connectivity index (χ1v) is 10.0. The van der Waals surface area contributed by atoms with Crippen molar-refractivity contribution in [3.63, 3.8) is 0 Å². The van der Waals surface area contributed by atoms with Crippen LogP contribution >= 0.6 is 0 Å². The number of hydrogen-bond donors (Lipinski definition) is 0. The van der Waals surface area contributed by atoms with Crippen molar-refractivity contribution in [2.45, 2.75) is 89.9 Å². The lowest BCUT2D eigenvalue weighted by Crippen LogP contribution is -2.38. The average molecular weight is 377 g/mol. The topological polar surface area (TPSA) is 143 Å². The quantitative estimate of drug-likeness (QED) is 0.342. The highest BCUT2D eigenvalue weighted by atomic mass is 14.6. The number of unbranched alkanes of at least 4 members (excludes halogenated alkanes) is 11. The molecule has 146 valence electrons. The Hall–Kier alpha value is -3.06. The highest BCUT2D eigenvalue weighted by Crippen LogP contribution is 2.44. The Morgan fingerprint density at radius 2 is 0.821 bits per heavy atom. The first kappa shape index (κ1) is 24.9. The molecule has 0 aromatic heterocycles. The van der Waals surface area contributed by atoms with E-state index in [1.165, 1.54) is 25.7 Å². The van der Waals surface area contributed by atoms with Crippen LogP contribution in [0.25, 0.3) is 0 Å². The third-order valence-corrected chi connectivity index (χ3v) is 5.18. The molecule has 0 N–H and O–H groups in total. The lowest BCUT2D eigenvalue weighted by atomic mass is 9.62. The van der Waals surface area contributed by atoms with Gasteiger partial charge in [-0.1, -0.05) is 64.2 Å². The van der Waals surface area contributed by atoms with Crippen LogP contribution in [0.15, 0.2) is 0 Å². The predicted octanol–water partition coefficient (Wildman–Crippen LogP) is 5.56. The fourth-order valence-electron chi connectivity index (χ4n) is 3.29. The lowest BCUT2D eigenvalue weighted by Gasteiger charge is -2.29. The molecule has 0 atom stereocenters. The molecule has 6 nitrogen and oxygen atoms in total. The predicted molar refractivity (Wildman–Crippen MR) is 103 cm³/mol. The Bertz CT molecular complexity index is 670. The molecule has 0 amide bonds. The summed E-state index contributed by atoms with van der Waals surface area (Å²) in [6.45, 7) is 0. The van der Waals surface area contributed by atoms with E-state index in [1.54, 1.807) is 18.2 Å². The van der Waals surface area contributed by atoms with Crippen molar-refractivity contribution >= 4 is 0 Å². The van der Waals surface area contributed by atoms with E-state index >= 15 is 0 Å². The molecule has 0 aliphatic carbocycles. The zero-order valence-electron chi connectivity index (χ0n) is 16.6. The number of nitrogens with zero attached hydrogens (tertiary/aromatic N) is 6. The van der Waals surface area contributed by atoms with Crippen molar-refractivity contribution in [2.75, 3.05) is 0 Å². The van der Waals surface area contributed by atoms with Crippen molar-refractivity contribution in [1.29, 1.82) is 31.6 Å². The normalized spacial score (nSPS) is 10.5. The number of hydrogen-bond acceptors (Lipinski definition) is 6. The van der Waals surface area contributed by atoms with Gasteiger partial charge in [0.2, 0.25) is 0 Å². The second kappa shape index (κ2) is 15.0. The molecule has 0 rings (SSSR count). The number of rotatable bonds is 15. The molecule has 0 saturated carbocycles. The van der Waals surface area contributed by atoms with E-state index in [4.69, 9.17) is 10.5 Å². The monoisotopic (exact) mass is 376 g/mol. The minimum atomic E-state index is -1.90. The van der Waals surface area contributed by atoms with E-state index in [2.05, 4.69) is 6.07 Å². The van der Waals surface area contributed by atoms with E-state index < -0.39 is 17.3 Å². The molecule has 0 radical (unpaired) electrons. The summed E-state index contributed by atoms with van der Waals surface area (Å²) in [7, 11) is 0. The molecule has 0 spiro atoms. The van der Waals surface area contributed by atoms with Gasteiger partial charge in [0.05, 0.1) is 42.8 Å². The maximum atomic E-state index is 9.49. The highest BCUT2D eigenvalue weighted by molar-refractivity contribution is 5.35. The summed E-state index contributed by atoms with van der Waals surface area (Å²) >= 11 is 0. The molecule has 0 aliphatic heterocycles. The number of nitriles is 6. The Kier molecular flexibility index (Phi) is 13.4. The van der Waals surface area contributed by atoms with Gasteiger partial charge < -0.3 is 0 Å². The van der Waals surface area contributed by atoms with Crippen molar-refractivity contribution in [3.8, 4) is 36.4 Å². The third kappa shape index (κ3) is 7.67. The van der Waals surface area contributed by atoms with E-state index in [9.17, 15) is 21.0 Å². The standard InChI is InChI=1S/C22H28N6/c23-15-12-10-8-6-4-2-1-3-5-7-9-11-13-21(17-25,18-26)22(19-27,20-28)14-16-24/h1-14H2. The summed E-state index contributed by atoms with van der Waals surface area (Å²) in [6.07, 6.45) is 11.9. The maximum Gasteiger partial charge on any atom is 0.188 e. The molecule has 0 fully saturated rings. The van der Waals surface area contributed by atoms with Crippen LogP contribution in [0.3, 0.4) is 0 Å². The molecule has 0 aliphatic rings. The third-order valence-electron chi connectivity index (χ3n) is 5.18. The van der Waals surface area contributed by atoms with Crippen LogP contribution in [0.2, 0.25) is 0 Å². The molecule has 0 saturated heterocycles. The molecule has 0 aromatic carbocycles. The van der Waals surface area contributed by atoms with Gasteiger partial charge in [0.15, 0.2) is 10.8 Å². The molecular formula is C22H28N6. The fraction of sp³-hybridized carbons (Fsp3) is 0.727. The van der Waals surface area contributed by atoms with Gasteiger partial charge in [-0.3, -0.25) is 0 Å². The SMILES string of the molecule is N#CCCCCCCCCCCCCCC(C#N)(C#N)C(C#N)(C#N)CC#N. The van der Waals surface area contributed by atoms with E-state index in [0.717, 1.165) is 38.5 Å². The van der Waals surface area contributed by atoms with Gasteiger partial charge in [0.1, 0.15) is 0 Å². The Morgan fingerprint density at radius 3 is 1.18 bits per heavy atom. The molecule has 0 heterocycles. The van der Waals surface area contributed by atoms with Crippen molar-refractivity contribution in [3.05, 3.63) is 0 Å². The zero-order valence-corrected chi connectivity index (χ0v) is 16.6. The van der Waals surface area contributed by atoms with Gasteiger partial charge in [-0.2, -0.15) is 31.6 Å². The molecular weight excluding hydrogens is 348 g/mol. The summed E-state index contributed by atoms with van der Waals surface area (Å²) in [5.74, 6) is 0. The van der Waals surface area contributed by atoms with Crippen LogP contribution in [0.4, 0.5) is 0 Å². The minimum Gasteiger partial charge on any atom is -0.198 e. The smallest absolute Gasteiger partial charge is 0.188 e. The minimum absolute atomic E-state index is 0.130. The van der Waals surface area contributed by atoms with Crippen LogP contribution < -0.4 is 0 Å². The molecule has 0 bridgehead atoms. The second-order valence-electron chi connectivity index (χ2n) is 7.14. The lowest BCUT2D eigenvalue weighted by molar-refractivity contribution is 0.273. The summed E-state index contributed by atoms with van der Waals surface area (Å²) in [4.78, 5) is 0.